The predicted octanol–water partition coefficient (Wildman–Crippen LogP) is -4.22. The first-order valence-electron chi connectivity index (χ1n) is 9.48. The molecule has 0 radical (unpaired) electrons. The summed E-state index contributed by atoms with van der Waals surface area (Å²) in [6.45, 7) is 6.29. The molecular formula is C19H25N4NaO5. The normalized spacial score (nSPS) is 21.9. The summed E-state index contributed by atoms with van der Waals surface area (Å²) in [7, 11) is 0. The molecule has 1 N–H and O–H groups in total. The molecule has 0 unspecified atom stereocenters. The molecule has 0 spiro atoms. The Morgan fingerprint density at radius 2 is 1.90 bits per heavy atom. The van der Waals surface area contributed by atoms with Gasteiger partial charge in [0, 0.05) is 32.4 Å². The van der Waals surface area contributed by atoms with E-state index >= 15 is 0 Å². The standard InChI is InChI=1S/C19H26N4O5.Na/c1-12(2)11-13(21-17(24)15-16(28-15)19(26)27)18(25)23-9-7-22(8-10-23)14-5-3-4-6-20-14;/h3-6,12-13,15-16H,7-11H2,1-2H3,(H,21,24)(H,26,27);/q;+1/p-1/t13-,15-,16-;/m0./s1. The molecule has 152 valence electrons. The van der Waals surface area contributed by atoms with Crippen LogP contribution in [0.15, 0.2) is 24.4 Å². The third kappa shape index (κ3) is 6.15. The molecule has 10 heteroatoms. The number of aromatic nitrogens is 1. The molecule has 29 heavy (non-hydrogen) atoms. The van der Waals surface area contributed by atoms with Gasteiger partial charge < -0.3 is 29.8 Å². The summed E-state index contributed by atoms with van der Waals surface area (Å²) in [5, 5.41) is 13.4. The molecule has 2 aliphatic heterocycles. The number of ether oxygens (including phenoxy) is 1. The quantitative estimate of drug-likeness (QED) is 0.356. The van der Waals surface area contributed by atoms with Crippen LogP contribution < -0.4 is 44.9 Å². The van der Waals surface area contributed by atoms with Crippen molar-refractivity contribution < 1.29 is 53.8 Å². The zero-order valence-corrected chi connectivity index (χ0v) is 19.0. The van der Waals surface area contributed by atoms with E-state index in [4.69, 9.17) is 4.74 Å². The van der Waals surface area contributed by atoms with Crippen LogP contribution in [0, 0.1) is 5.92 Å². The Bertz CT molecular complexity index is 725. The van der Waals surface area contributed by atoms with Gasteiger partial charge in [0.05, 0.1) is 5.97 Å². The van der Waals surface area contributed by atoms with Crippen molar-refractivity contribution in [3.63, 3.8) is 0 Å². The zero-order valence-electron chi connectivity index (χ0n) is 17.0. The van der Waals surface area contributed by atoms with Crippen LogP contribution in [0.4, 0.5) is 5.82 Å². The number of nitrogens with zero attached hydrogens (tertiary/aromatic N) is 3. The molecule has 3 atom stereocenters. The second kappa shape index (κ2) is 10.4. The molecule has 0 saturated carbocycles. The molecule has 2 aliphatic rings. The van der Waals surface area contributed by atoms with E-state index in [1.807, 2.05) is 32.0 Å². The third-order valence-electron chi connectivity index (χ3n) is 4.87. The maximum absolute atomic E-state index is 13.0. The number of piperazine rings is 1. The van der Waals surface area contributed by atoms with Crippen LogP contribution >= 0.6 is 0 Å². The van der Waals surface area contributed by atoms with Crippen LogP contribution in [0.1, 0.15) is 20.3 Å². The average Bonchev–Trinajstić information content (AvgIpc) is 3.49. The maximum Gasteiger partial charge on any atom is 1.00 e. The number of anilines is 1. The van der Waals surface area contributed by atoms with Crippen molar-refractivity contribution in [3.8, 4) is 0 Å². The number of aliphatic carboxylic acids is 1. The van der Waals surface area contributed by atoms with E-state index in [0.717, 1.165) is 5.82 Å². The number of carboxylic acid groups (broad SMARTS) is 1. The van der Waals surface area contributed by atoms with Crippen molar-refractivity contribution >= 4 is 23.6 Å². The van der Waals surface area contributed by atoms with Crippen LogP contribution in [0.5, 0.6) is 0 Å². The number of carboxylic acids is 1. The van der Waals surface area contributed by atoms with Gasteiger partial charge in [0.25, 0.3) is 5.91 Å². The van der Waals surface area contributed by atoms with E-state index in [2.05, 4.69) is 15.2 Å². The SMILES string of the molecule is CC(C)C[C@H](NC(=O)[C@H]1O[C@@H]1C(=O)[O-])C(=O)N1CCN(c2ccccn2)CC1.[Na+]. The van der Waals surface area contributed by atoms with E-state index in [1.165, 1.54) is 0 Å². The molecule has 0 aliphatic carbocycles. The molecule has 2 fully saturated rings. The molecule has 3 rings (SSSR count). The first kappa shape index (κ1) is 23.6. The number of nitrogens with one attached hydrogen (secondary N) is 1. The van der Waals surface area contributed by atoms with Crippen LogP contribution in [-0.2, 0) is 19.1 Å². The topological polar surface area (TPSA) is 118 Å². The van der Waals surface area contributed by atoms with Crippen molar-refractivity contribution in [1.82, 2.24) is 15.2 Å². The van der Waals surface area contributed by atoms with Crippen LogP contribution in [0.2, 0.25) is 0 Å². The minimum atomic E-state index is -1.42. The second-order valence-electron chi connectivity index (χ2n) is 7.49. The van der Waals surface area contributed by atoms with Gasteiger partial charge in [0.1, 0.15) is 18.0 Å². The molecule has 0 bridgehead atoms. The largest absolute Gasteiger partial charge is 1.00 e. The Balaban J connectivity index is 0.00000300. The van der Waals surface area contributed by atoms with Gasteiger partial charge in [0.2, 0.25) is 5.91 Å². The number of carbonyl (C=O) groups is 3. The fourth-order valence-electron chi connectivity index (χ4n) is 3.35. The molecule has 2 saturated heterocycles. The minimum Gasteiger partial charge on any atom is -0.547 e. The average molecular weight is 412 g/mol. The molecule has 1 aromatic heterocycles. The van der Waals surface area contributed by atoms with Crippen molar-refractivity contribution in [2.45, 2.75) is 38.5 Å². The summed E-state index contributed by atoms with van der Waals surface area (Å²) in [6.07, 6.45) is -0.0977. The summed E-state index contributed by atoms with van der Waals surface area (Å²) in [6, 6.07) is 5.01. The molecule has 3 heterocycles. The number of carbonyl (C=O) groups excluding carboxylic acids is 3. The first-order valence-corrected chi connectivity index (χ1v) is 9.48. The van der Waals surface area contributed by atoms with E-state index in [0.29, 0.717) is 32.6 Å². The van der Waals surface area contributed by atoms with Gasteiger partial charge in [-0.3, -0.25) is 9.59 Å². The number of amides is 2. The fraction of sp³-hybridized carbons (Fsp3) is 0.579. The molecular weight excluding hydrogens is 387 g/mol. The van der Waals surface area contributed by atoms with Gasteiger partial charge in [-0.1, -0.05) is 19.9 Å². The van der Waals surface area contributed by atoms with Crippen molar-refractivity contribution in [2.24, 2.45) is 5.92 Å². The van der Waals surface area contributed by atoms with Gasteiger partial charge in [-0.25, -0.2) is 4.98 Å². The smallest absolute Gasteiger partial charge is 0.547 e. The summed E-state index contributed by atoms with van der Waals surface area (Å²) in [5.74, 6) is -1.10. The Morgan fingerprint density at radius 3 is 2.41 bits per heavy atom. The van der Waals surface area contributed by atoms with Gasteiger partial charge in [-0.05, 0) is 24.5 Å². The fourth-order valence-corrected chi connectivity index (χ4v) is 3.35. The Morgan fingerprint density at radius 1 is 1.21 bits per heavy atom. The number of hydrogen-bond donors (Lipinski definition) is 1. The van der Waals surface area contributed by atoms with E-state index in [9.17, 15) is 19.5 Å². The van der Waals surface area contributed by atoms with Crippen LogP contribution in [0.25, 0.3) is 0 Å². The second-order valence-corrected chi connectivity index (χ2v) is 7.49. The van der Waals surface area contributed by atoms with Gasteiger partial charge >= 0.3 is 29.6 Å². The van der Waals surface area contributed by atoms with Gasteiger partial charge in [-0.15, -0.1) is 0 Å². The molecule has 0 aromatic carbocycles. The molecule has 2 amide bonds. The van der Waals surface area contributed by atoms with Crippen LogP contribution in [-0.4, -0.2) is 72.1 Å². The van der Waals surface area contributed by atoms with Crippen molar-refractivity contribution in [2.75, 3.05) is 31.1 Å². The summed E-state index contributed by atoms with van der Waals surface area (Å²) in [5.41, 5.74) is 0. The van der Waals surface area contributed by atoms with Gasteiger partial charge in [-0.2, -0.15) is 0 Å². The Hall–Kier alpha value is -1.68. The maximum atomic E-state index is 13.0. The van der Waals surface area contributed by atoms with Gasteiger partial charge in [0.15, 0.2) is 6.10 Å². The number of rotatable bonds is 7. The number of pyridine rings is 1. The van der Waals surface area contributed by atoms with E-state index < -0.39 is 30.1 Å². The van der Waals surface area contributed by atoms with Crippen molar-refractivity contribution in [3.05, 3.63) is 24.4 Å². The van der Waals surface area contributed by atoms with E-state index in [-0.39, 0.29) is 41.4 Å². The molecule has 9 nitrogen and oxygen atoms in total. The Labute approximate surface area is 192 Å². The monoisotopic (exact) mass is 412 g/mol. The first-order chi connectivity index (χ1) is 13.4. The van der Waals surface area contributed by atoms with Crippen molar-refractivity contribution in [1.29, 1.82) is 0 Å². The summed E-state index contributed by atoms with van der Waals surface area (Å²) >= 11 is 0. The number of epoxide rings is 1. The zero-order chi connectivity index (χ0) is 20.3. The minimum absolute atomic E-state index is 0. The van der Waals surface area contributed by atoms with E-state index in [1.54, 1.807) is 11.1 Å². The third-order valence-corrected chi connectivity index (χ3v) is 4.87. The number of hydrogen-bond acceptors (Lipinski definition) is 7. The Kier molecular flexibility index (Phi) is 8.45. The summed E-state index contributed by atoms with van der Waals surface area (Å²) < 4.78 is 4.82. The summed E-state index contributed by atoms with van der Waals surface area (Å²) in [4.78, 5) is 44.1. The predicted molar refractivity (Wildman–Crippen MR) is 98.1 cm³/mol. The van der Waals surface area contributed by atoms with Crippen LogP contribution in [0.3, 0.4) is 0 Å². The molecule has 1 aromatic rings.